The Morgan fingerprint density at radius 2 is 1.75 bits per heavy atom. The Bertz CT molecular complexity index is 824. The maximum atomic E-state index is 13.3. The minimum atomic E-state index is -1.45. The molecule has 0 amide bonds. The van der Waals surface area contributed by atoms with E-state index < -0.39 is 43.6 Å². The Hall–Kier alpha value is -1.21. The zero-order valence-corrected chi connectivity index (χ0v) is 21.9. The smallest absolute Gasteiger partial charge is 0.334 e. The summed E-state index contributed by atoms with van der Waals surface area (Å²) in [5, 5.41) is 0. The summed E-state index contributed by atoms with van der Waals surface area (Å²) in [7, 11) is -1.45. The van der Waals surface area contributed by atoms with Gasteiger partial charge in [0.1, 0.15) is 26.9 Å². The Labute approximate surface area is 193 Å². The van der Waals surface area contributed by atoms with Crippen LogP contribution in [0.25, 0.3) is 0 Å². The van der Waals surface area contributed by atoms with Crippen molar-refractivity contribution in [3.8, 4) is 11.5 Å². The highest BCUT2D eigenvalue weighted by molar-refractivity contribution is 6.83. The van der Waals surface area contributed by atoms with Crippen LogP contribution < -0.4 is 0 Å². The Balaban J connectivity index is 1.82. The lowest BCUT2D eigenvalue weighted by molar-refractivity contribution is -0.328. The molecule has 0 aromatic rings. The summed E-state index contributed by atoms with van der Waals surface area (Å²) >= 11 is 0. The molecule has 8 heteroatoms. The van der Waals surface area contributed by atoms with E-state index in [1.807, 2.05) is 41.5 Å². The molecular weight excluding hydrogens is 428 g/mol. The molecule has 4 atom stereocenters. The summed E-state index contributed by atoms with van der Waals surface area (Å²) in [5.74, 6) is -0.0896. The minimum absolute atomic E-state index is 0.136. The number of rotatable bonds is 4. The fourth-order valence-electron chi connectivity index (χ4n) is 4.18. The highest BCUT2D eigenvalue weighted by atomic mass is 28.3. The van der Waals surface area contributed by atoms with Crippen LogP contribution in [-0.2, 0) is 33.2 Å². The fourth-order valence-corrected chi connectivity index (χ4v) is 4.83. The van der Waals surface area contributed by atoms with Gasteiger partial charge in [-0.05, 0) is 48.0 Å². The van der Waals surface area contributed by atoms with E-state index in [1.54, 1.807) is 0 Å². The van der Waals surface area contributed by atoms with E-state index in [2.05, 4.69) is 31.1 Å². The largest absolute Gasteiger partial charge is 0.450 e. The van der Waals surface area contributed by atoms with Crippen molar-refractivity contribution in [2.75, 3.05) is 13.2 Å². The summed E-state index contributed by atoms with van der Waals surface area (Å²) in [4.78, 5) is 13.3. The summed E-state index contributed by atoms with van der Waals surface area (Å²) in [5.41, 5.74) is 4.86. The van der Waals surface area contributed by atoms with Gasteiger partial charge in [-0.3, -0.25) is 0 Å². The number of hydrogen-bond donors (Lipinski definition) is 0. The molecule has 3 saturated heterocycles. The van der Waals surface area contributed by atoms with E-state index >= 15 is 0 Å². The van der Waals surface area contributed by atoms with Crippen molar-refractivity contribution < 1.29 is 33.2 Å². The van der Waals surface area contributed by atoms with E-state index in [0.29, 0.717) is 18.4 Å². The van der Waals surface area contributed by atoms with E-state index in [4.69, 9.17) is 28.4 Å². The van der Waals surface area contributed by atoms with Crippen molar-refractivity contribution in [1.82, 2.24) is 0 Å². The van der Waals surface area contributed by atoms with Gasteiger partial charge in [0.25, 0.3) is 0 Å². The molecular formula is C24H38O7Si. The summed E-state index contributed by atoms with van der Waals surface area (Å²) in [6.45, 7) is 18.1. The molecule has 0 aromatic carbocycles. The third-order valence-electron chi connectivity index (χ3n) is 5.53. The van der Waals surface area contributed by atoms with Gasteiger partial charge in [-0.1, -0.05) is 25.2 Å². The average Bonchev–Trinajstić information content (AvgIpc) is 3.11. The van der Waals surface area contributed by atoms with Crippen molar-refractivity contribution in [1.29, 1.82) is 0 Å². The Kier molecular flexibility index (Phi) is 7.03. The minimum Gasteiger partial charge on any atom is -0.450 e. The van der Waals surface area contributed by atoms with Gasteiger partial charge in [0, 0.05) is 12.0 Å². The molecule has 3 heterocycles. The summed E-state index contributed by atoms with van der Waals surface area (Å²) in [6, 6.07) is 0. The van der Waals surface area contributed by atoms with Gasteiger partial charge in [0.15, 0.2) is 17.7 Å². The molecule has 1 spiro atoms. The van der Waals surface area contributed by atoms with Gasteiger partial charge < -0.3 is 28.4 Å². The van der Waals surface area contributed by atoms with Gasteiger partial charge in [-0.2, -0.15) is 0 Å². The molecule has 32 heavy (non-hydrogen) atoms. The van der Waals surface area contributed by atoms with Gasteiger partial charge in [-0.25, -0.2) is 4.79 Å². The second-order valence-corrected chi connectivity index (χ2v) is 15.7. The maximum absolute atomic E-state index is 13.3. The molecule has 3 aliphatic rings. The first-order valence-electron chi connectivity index (χ1n) is 11.3. The SMILES string of the molecule is CC(C)=C(CCC#C[Si](C)(C)C)C(=O)OC1C2OC(C)(C)OC2COC12COC(C)(C)O2. The second kappa shape index (κ2) is 8.86. The van der Waals surface area contributed by atoms with Crippen molar-refractivity contribution in [2.45, 2.75) is 110 Å². The molecule has 3 aliphatic heterocycles. The first-order valence-corrected chi connectivity index (χ1v) is 14.8. The van der Waals surface area contributed by atoms with E-state index in [-0.39, 0.29) is 19.3 Å². The van der Waals surface area contributed by atoms with Crippen LogP contribution in [0.15, 0.2) is 11.1 Å². The monoisotopic (exact) mass is 466 g/mol. The molecule has 0 aliphatic carbocycles. The van der Waals surface area contributed by atoms with Crippen molar-refractivity contribution >= 4 is 14.0 Å². The lowest BCUT2D eigenvalue weighted by atomic mass is 9.96. The van der Waals surface area contributed by atoms with Crippen LogP contribution in [0.4, 0.5) is 0 Å². The molecule has 4 unspecified atom stereocenters. The summed E-state index contributed by atoms with van der Waals surface area (Å²) in [6.07, 6.45) is -0.584. The molecule has 3 fully saturated rings. The fraction of sp³-hybridized carbons (Fsp3) is 0.792. The number of carbonyl (C=O) groups is 1. The number of esters is 1. The average molecular weight is 467 g/mol. The lowest BCUT2D eigenvalue weighted by Gasteiger charge is -2.43. The van der Waals surface area contributed by atoms with Crippen molar-refractivity contribution in [2.24, 2.45) is 0 Å². The van der Waals surface area contributed by atoms with Gasteiger partial charge in [0.05, 0.1) is 6.61 Å². The van der Waals surface area contributed by atoms with E-state index in [0.717, 1.165) is 5.57 Å². The molecule has 180 valence electrons. The third kappa shape index (κ3) is 5.82. The molecule has 7 nitrogen and oxygen atoms in total. The first kappa shape index (κ1) is 25.4. The van der Waals surface area contributed by atoms with Gasteiger partial charge in [0.2, 0.25) is 5.79 Å². The van der Waals surface area contributed by atoms with Crippen LogP contribution in [0.3, 0.4) is 0 Å². The third-order valence-corrected chi connectivity index (χ3v) is 6.46. The normalized spacial score (nSPS) is 32.7. The van der Waals surface area contributed by atoms with Crippen LogP contribution >= 0.6 is 0 Å². The number of hydrogen-bond acceptors (Lipinski definition) is 7. The van der Waals surface area contributed by atoms with Crippen LogP contribution in [0.1, 0.15) is 54.4 Å². The highest BCUT2D eigenvalue weighted by Gasteiger charge is 2.64. The Morgan fingerprint density at radius 1 is 1.06 bits per heavy atom. The van der Waals surface area contributed by atoms with Gasteiger partial charge >= 0.3 is 5.97 Å². The van der Waals surface area contributed by atoms with Crippen molar-refractivity contribution in [3.05, 3.63) is 11.1 Å². The standard InChI is InChI=1S/C24H38O7Si/c1-16(2)17(12-10-11-13-32(7,8)9)21(25)28-20-19-18(29-23(5,6)30-19)14-26-24(20)15-27-22(3,4)31-24/h18-20H,10,12,14-15H2,1-9H3. The van der Waals surface area contributed by atoms with Crippen LogP contribution in [-0.4, -0.2) is 62.9 Å². The zero-order valence-electron chi connectivity index (χ0n) is 20.9. The predicted octanol–water partition coefficient (Wildman–Crippen LogP) is 3.93. The first-order chi connectivity index (χ1) is 14.6. The second-order valence-electron chi connectivity index (χ2n) is 10.9. The van der Waals surface area contributed by atoms with Crippen LogP contribution in [0.5, 0.6) is 0 Å². The molecule has 3 rings (SSSR count). The van der Waals surface area contributed by atoms with Crippen LogP contribution in [0, 0.1) is 11.5 Å². The number of ether oxygens (including phenoxy) is 6. The molecule has 0 radical (unpaired) electrons. The zero-order chi connectivity index (χ0) is 23.9. The molecule has 0 bridgehead atoms. The predicted molar refractivity (Wildman–Crippen MR) is 122 cm³/mol. The van der Waals surface area contributed by atoms with Crippen LogP contribution in [0.2, 0.25) is 19.6 Å². The van der Waals surface area contributed by atoms with E-state index in [9.17, 15) is 4.79 Å². The number of allylic oxidation sites excluding steroid dienone is 1. The van der Waals surface area contributed by atoms with E-state index in [1.165, 1.54) is 0 Å². The van der Waals surface area contributed by atoms with Crippen molar-refractivity contribution in [3.63, 3.8) is 0 Å². The van der Waals surface area contributed by atoms with Gasteiger partial charge in [-0.15, -0.1) is 11.5 Å². The topological polar surface area (TPSA) is 72.5 Å². The lowest BCUT2D eigenvalue weighted by Crippen LogP contribution is -2.63. The quantitative estimate of drug-likeness (QED) is 0.269. The molecule has 0 aromatic heterocycles. The Morgan fingerprint density at radius 3 is 2.31 bits per heavy atom. The molecule has 0 N–H and O–H groups in total. The highest BCUT2D eigenvalue weighted by Crippen LogP contribution is 2.45. The summed E-state index contributed by atoms with van der Waals surface area (Å²) < 4.78 is 36.3. The maximum Gasteiger partial charge on any atom is 0.334 e. The number of carbonyl (C=O) groups excluding carboxylic acids is 1. The number of fused-ring (bicyclic) bond motifs is 1. The molecule has 0 saturated carbocycles.